The first-order chi connectivity index (χ1) is 15.4. The molecule has 0 unspecified atom stereocenters. The number of carbonyl (C=O) groups excluding carboxylic acids is 1. The van der Waals surface area contributed by atoms with Crippen LogP contribution in [0.15, 0.2) is 58.4 Å². The number of nitrogens with one attached hydrogen (secondary N) is 1. The normalized spacial score (nSPS) is 17.5. The van der Waals surface area contributed by atoms with E-state index < -0.39 is 15.7 Å². The second kappa shape index (κ2) is 8.19. The summed E-state index contributed by atoms with van der Waals surface area (Å²) in [7, 11) is -3.14. The van der Waals surface area contributed by atoms with Crippen LogP contribution in [0.2, 0.25) is 5.02 Å². The number of hydrogen-bond donors (Lipinski definition) is 1. The zero-order valence-electron chi connectivity index (χ0n) is 16.6. The molecule has 0 spiro atoms. The second-order valence-electron chi connectivity index (χ2n) is 7.43. The third-order valence-corrected chi connectivity index (χ3v) is 8.07. The molecule has 1 aliphatic rings. The van der Waals surface area contributed by atoms with E-state index in [1.165, 1.54) is 11.3 Å². The van der Waals surface area contributed by atoms with Crippen LogP contribution < -0.4 is 5.32 Å². The number of rotatable bonds is 5. The number of anilines is 1. The van der Waals surface area contributed by atoms with Gasteiger partial charge < -0.3 is 9.84 Å². The summed E-state index contributed by atoms with van der Waals surface area (Å²) in [5, 5.41) is 13.8. The third-order valence-electron chi connectivity index (χ3n) is 5.18. The molecule has 0 saturated carbocycles. The highest BCUT2D eigenvalue weighted by Crippen LogP contribution is 2.31. The van der Waals surface area contributed by atoms with E-state index in [1.54, 1.807) is 28.9 Å². The molecule has 1 N–H and O–H groups in total. The summed E-state index contributed by atoms with van der Waals surface area (Å²) < 4.78 is 30.9. The van der Waals surface area contributed by atoms with Gasteiger partial charge in [-0.3, -0.25) is 4.79 Å². The van der Waals surface area contributed by atoms with E-state index >= 15 is 0 Å². The molecule has 0 aliphatic carbocycles. The average Bonchev–Trinajstić information content (AvgIpc) is 3.54. The molecule has 0 radical (unpaired) electrons. The maximum Gasteiger partial charge on any atom is 0.279 e. The van der Waals surface area contributed by atoms with E-state index in [0.29, 0.717) is 28.7 Å². The van der Waals surface area contributed by atoms with Gasteiger partial charge >= 0.3 is 0 Å². The molecule has 0 bridgehead atoms. The smallest absolute Gasteiger partial charge is 0.279 e. The molecular formula is C21H17ClN4O4S2. The summed E-state index contributed by atoms with van der Waals surface area (Å²) in [6.45, 7) is 0. The van der Waals surface area contributed by atoms with Gasteiger partial charge in [-0.15, -0.1) is 11.3 Å². The monoisotopic (exact) mass is 488 g/mol. The van der Waals surface area contributed by atoms with Crippen LogP contribution in [0.1, 0.15) is 23.0 Å². The average molecular weight is 489 g/mol. The SMILES string of the molecule is O=C(Nc1cc(-c2ccc(Cl)cc2)nn1[C@H]1CCS(=O)(=O)C1)c1cc(-c2cccs2)on1. The molecule has 1 saturated heterocycles. The van der Waals surface area contributed by atoms with E-state index in [4.69, 9.17) is 16.1 Å². The van der Waals surface area contributed by atoms with Crippen molar-refractivity contribution in [2.24, 2.45) is 0 Å². The molecule has 11 heteroatoms. The maximum absolute atomic E-state index is 12.9. The van der Waals surface area contributed by atoms with Crippen LogP contribution in [0.25, 0.3) is 21.9 Å². The van der Waals surface area contributed by atoms with E-state index in [2.05, 4.69) is 15.6 Å². The van der Waals surface area contributed by atoms with Gasteiger partial charge in [0.25, 0.3) is 5.91 Å². The summed E-state index contributed by atoms with van der Waals surface area (Å²) in [6, 6.07) is 13.8. The van der Waals surface area contributed by atoms with E-state index in [1.807, 2.05) is 29.6 Å². The van der Waals surface area contributed by atoms with Crippen molar-refractivity contribution < 1.29 is 17.7 Å². The molecule has 4 heterocycles. The van der Waals surface area contributed by atoms with Crippen molar-refractivity contribution in [1.82, 2.24) is 14.9 Å². The van der Waals surface area contributed by atoms with Crippen LogP contribution in [-0.2, 0) is 9.84 Å². The topological polar surface area (TPSA) is 107 Å². The van der Waals surface area contributed by atoms with E-state index in [9.17, 15) is 13.2 Å². The Balaban J connectivity index is 1.46. The van der Waals surface area contributed by atoms with Crippen LogP contribution in [0.3, 0.4) is 0 Å². The second-order valence-corrected chi connectivity index (χ2v) is 11.0. The highest BCUT2D eigenvalue weighted by Gasteiger charge is 2.32. The number of nitrogens with zero attached hydrogens (tertiary/aromatic N) is 3. The largest absolute Gasteiger partial charge is 0.355 e. The molecule has 1 atom stereocenters. The first-order valence-corrected chi connectivity index (χ1v) is 12.8. The van der Waals surface area contributed by atoms with Gasteiger partial charge in [-0.25, -0.2) is 13.1 Å². The minimum Gasteiger partial charge on any atom is -0.355 e. The van der Waals surface area contributed by atoms with Gasteiger partial charge in [-0.1, -0.05) is 35.0 Å². The standard InChI is InChI=1S/C21H17ClN4O4S2/c22-14-5-3-13(4-6-14)16-11-20(26(24-16)15-7-9-32(28,29)12-15)23-21(27)17-10-18(30-25-17)19-2-1-8-31-19/h1-6,8,10-11,15H,7,9,12H2,(H,23,27)/t15-/m0/s1. The fraction of sp³-hybridized carbons (Fsp3) is 0.190. The summed E-state index contributed by atoms with van der Waals surface area (Å²) in [5.74, 6) is 0.491. The Morgan fingerprint density at radius 3 is 2.72 bits per heavy atom. The number of benzene rings is 1. The van der Waals surface area contributed by atoms with Crippen LogP contribution in [-0.4, -0.2) is 40.8 Å². The summed E-state index contributed by atoms with van der Waals surface area (Å²) in [5.41, 5.74) is 1.51. The van der Waals surface area contributed by atoms with Crippen molar-refractivity contribution in [2.75, 3.05) is 16.8 Å². The van der Waals surface area contributed by atoms with Gasteiger partial charge in [0.15, 0.2) is 21.3 Å². The lowest BCUT2D eigenvalue weighted by Crippen LogP contribution is -2.19. The third kappa shape index (κ3) is 4.21. The minimum absolute atomic E-state index is 0.0237. The Morgan fingerprint density at radius 2 is 2.03 bits per heavy atom. The Morgan fingerprint density at radius 1 is 1.22 bits per heavy atom. The lowest BCUT2D eigenvalue weighted by atomic mass is 10.1. The van der Waals surface area contributed by atoms with Gasteiger partial charge in [0.05, 0.1) is 28.1 Å². The molecule has 5 rings (SSSR count). The van der Waals surface area contributed by atoms with Crippen molar-refractivity contribution in [1.29, 1.82) is 0 Å². The zero-order valence-corrected chi connectivity index (χ0v) is 19.0. The highest BCUT2D eigenvalue weighted by molar-refractivity contribution is 7.91. The van der Waals surface area contributed by atoms with Gasteiger partial charge in [0.2, 0.25) is 0 Å². The molecule has 164 valence electrons. The molecule has 1 aliphatic heterocycles. The van der Waals surface area contributed by atoms with Crippen molar-refractivity contribution >= 4 is 44.5 Å². The molecule has 32 heavy (non-hydrogen) atoms. The molecule has 1 amide bonds. The number of thiophene rings is 1. The molecule has 8 nitrogen and oxygen atoms in total. The number of aromatic nitrogens is 3. The lowest BCUT2D eigenvalue weighted by Gasteiger charge is -2.13. The van der Waals surface area contributed by atoms with Crippen molar-refractivity contribution in [3.05, 3.63) is 64.6 Å². The van der Waals surface area contributed by atoms with Gasteiger partial charge in [-0.2, -0.15) is 5.10 Å². The zero-order chi connectivity index (χ0) is 22.3. The summed E-state index contributed by atoms with van der Waals surface area (Å²) in [4.78, 5) is 13.7. The van der Waals surface area contributed by atoms with Crippen LogP contribution in [0.4, 0.5) is 5.82 Å². The number of carbonyl (C=O) groups is 1. The minimum atomic E-state index is -3.14. The van der Waals surface area contributed by atoms with Crippen LogP contribution >= 0.6 is 22.9 Å². The molecule has 1 aromatic carbocycles. The van der Waals surface area contributed by atoms with Crippen molar-refractivity contribution in [3.8, 4) is 21.9 Å². The molecule has 1 fully saturated rings. The summed E-state index contributed by atoms with van der Waals surface area (Å²) >= 11 is 7.46. The van der Waals surface area contributed by atoms with Gasteiger partial charge in [0, 0.05) is 22.7 Å². The molecule has 3 aromatic heterocycles. The first kappa shape index (κ1) is 20.9. The van der Waals surface area contributed by atoms with Crippen LogP contribution in [0.5, 0.6) is 0 Å². The maximum atomic E-state index is 12.9. The van der Waals surface area contributed by atoms with E-state index in [-0.39, 0.29) is 23.2 Å². The molecule has 4 aromatic rings. The fourth-order valence-corrected chi connectivity index (χ4v) is 6.08. The number of amides is 1. The lowest BCUT2D eigenvalue weighted by molar-refractivity contribution is 0.101. The number of halogens is 1. The van der Waals surface area contributed by atoms with Crippen molar-refractivity contribution in [2.45, 2.75) is 12.5 Å². The predicted octanol–water partition coefficient (Wildman–Crippen LogP) is 4.53. The number of hydrogen-bond acceptors (Lipinski definition) is 7. The Hall–Kier alpha value is -2.95. The first-order valence-electron chi connectivity index (χ1n) is 9.76. The highest BCUT2D eigenvalue weighted by atomic mass is 35.5. The Labute approximate surface area is 192 Å². The summed E-state index contributed by atoms with van der Waals surface area (Å²) in [6.07, 6.45) is 0.430. The number of sulfone groups is 1. The Bertz CT molecular complexity index is 1380. The van der Waals surface area contributed by atoms with Gasteiger partial charge in [0.1, 0.15) is 5.82 Å². The fourth-order valence-electron chi connectivity index (χ4n) is 3.59. The Kier molecular flexibility index (Phi) is 5.36. The van der Waals surface area contributed by atoms with Crippen molar-refractivity contribution in [3.63, 3.8) is 0 Å². The quantitative estimate of drug-likeness (QED) is 0.442. The van der Waals surface area contributed by atoms with E-state index in [0.717, 1.165) is 10.4 Å². The molecular weight excluding hydrogens is 472 g/mol. The van der Waals surface area contributed by atoms with Crippen LogP contribution in [0, 0.1) is 0 Å². The predicted molar refractivity (Wildman–Crippen MR) is 123 cm³/mol. The van der Waals surface area contributed by atoms with Gasteiger partial charge in [-0.05, 0) is 30.0 Å².